The van der Waals surface area contributed by atoms with Crippen molar-refractivity contribution in [2.24, 2.45) is 5.73 Å². The zero-order valence-corrected chi connectivity index (χ0v) is 12.2. The number of nitrogens with two attached hydrogens (primary N) is 1. The minimum Gasteiger partial charge on any atom is -0.465 e. The summed E-state index contributed by atoms with van der Waals surface area (Å²) < 4.78 is 9.83. The zero-order chi connectivity index (χ0) is 15.9. The van der Waals surface area contributed by atoms with Crippen LogP contribution < -0.4 is 5.73 Å². The van der Waals surface area contributed by atoms with Gasteiger partial charge in [-0.3, -0.25) is 0 Å². The summed E-state index contributed by atoms with van der Waals surface area (Å²) in [6, 6.07) is 14.8. The molecule has 0 heterocycles. The van der Waals surface area contributed by atoms with Gasteiger partial charge in [-0.2, -0.15) is 0 Å². The van der Waals surface area contributed by atoms with Crippen molar-refractivity contribution in [3.05, 3.63) is 71.3 Å². The van der Waals surface area contributed by atoms with E-state index in [4.69, 9.17) is 10.5 Å². The standard InChI is InChI=1S/C17H17NO4/c1-21-16(19)14-9-5-8-13(10-14)15(18)17(20)22-11-12-6-3-2-4-7-12/h2-10,15H,11,18H2,1H3. The molecule has 1 atom stereocenters. The predicted molar refractivity (Wildman–Crippen MR) is 80.9 cm³/mol. The monoisotopic (exact) mass is 299 g/mol. The Morgan fingerprint density at radius 1 is 1.09 bits per heavy atom. The molecule has 2 rings (SSSR count). The van der Waals surface area contributed by atoms with Crippen LogP contribution in [0.5, 0.6) is 0 Å². The molecule has 1 unspecified atom stereocenters. The molecule has 0 aliphatic rings. The van der Waals surface area contributed by atoms with Crippen LogP contribution in [0.25, 0.3) is 0 Å². The van der Waals surface area contributed by atoms with E-state index < -0.39 is 18.0 Å². The maximum Gasteiger partial charge on any atom is 0.337 e. The van der Waals surface area contributed by atoms with Crippen LogP contribution in [0.1, 0.15) is 27.5 Å². The number of ether oxygens (including phenoxy) is 2. The number of hydrogen-bond donors (Lipinski definition) is 1. The van der Waals surface area contributed by atoms with E-state index in [1.807, 2.05) is 30.3 Å². The van der Waals surface area contributed by atoms with Gasteiger partial charge in [0.2, 0.25) is 0 Å². The lowest BCUT2D eigenvalue weighted by molar-refractivity contribution is -0.146. The average molecular weight is 299 g/mol. The van der Waals surface area contributed by atoms with E-state index in [0.717, 1.165) is 5.56 Å². The summed E-state index contributed by atoms with van der Waals surface area (Å²) in [7, 11) is 1.29. The van der Waals surface area contributed by atoms with Gasteiger partial charge in [-0.15, -0.1) is 0 Å². The Morgan fingerprint density at radius 2 is 1.82 bits per heavy atom. The minimum absolute atomic E-state index is 0.157. The van der Waals surface area contributed by atoms with E-state index in [0.29, 0.717) is 11.1 Å². The summed E-state index contributed by atoms with van der Waals surface area (Å²) in [6.45, 7) is 0.157. The number of esters is 2. The summed E-state index contributed by atoms with van der Waals surface area (Å²) in [4.78, 5) is 23.5. The molecular weight excluding hydrogens is 282 g/mol. The van der Waals surface area contributed by atoms with Crippen LogP contribution in [0.15, 0.2) is 54.6 Å². The van der Waals surface area contributed by atoms with E-state index in [-0.39, 0.29) is 6.61 Å². The van der Waals surface area contributed by atoms with Crippen molar-refractivity contribution >= 4 is 11.9 Å². The number of carbonyl (C=O) groups is 2. The predicted octanol–water partition coefficient (Wildman–Crippen LogP) is 2.22. The molecule has 5 nitrogen and oxygen atoms in total. The van der Waals surface area contributed by atoms with Crippen molar-refractivity contribution in [3.8, 4) is 0 Å². The first-order chi connectivity index (χ1) is 10.6. The van der Waals surface area contributed by atoms with Crippen molar-refractivity contribution in [2.45, 2.75) is 12.6 Å². The Morgan fingerprint density at radius 3 is 2.50 bits per heavy atom. The molecule has 2 aromatic carbocycles. The van der Waals surface area contributed by atoms with E-state index >= 15 is 0 Å². The smallest absolute Gasteiger partial charge is 0.337 e. The lowest BCUT2D eigenvalue weighted by Gasteiger charge is -2.12. The summed E-state index contributed by atoms with van der Waals surface area (Å²) in [5.74, 6) is -1.03. The summed E-state index contributed by atoms with van der Waals surface area (Å²) in [6.07, 6.45) is 0. The van der Waals surface area contributed by atoms with Crippen LogP contribution >= 0.6 is 0 Å². The molecule has 0 saturated carbocycles. The third kappa shape index (κ3) is 3.93. The second kappa shape index (κ2) is 7.38. The van der Waals surface area contributed by atoms with Gasteiger partial charge in [-0.1, -0.05) is 42.5 Å². The van der Waals surface area contributed by atoms with E-state index in [2.05, 4.69) is 4.74 Å². The highest BCUT2D eigenvalue weighted by molar-refractivity contribution is 5.90. The quantitative estimate of drug-likeness (QED) is 0.856. The Balaban J connectivity index is 2.02. The molecule has 0 radical (unpaired) electrons. The van der Waals surface area contributed by atoms with Crippen LogP contribution in [-0.4, -0.2) is 19.0 Å². The highest BCUT2D eigenvalue weighted by atomic mass is 16.5. The minimum atomic E-state index is -0.951. The number of carbonyl (C=O) groups excluding carboxylic acids is 2. The lowest BCUT2D eigenvalue weighted by atomic mass is 10.0. The van der Waals surface area contributed by atoms with Crippen molar-refractivity contribution in [1.82, 2.24) is 0 Å². The highest BCUT2D eigenvalue weighted by Crippen LogP contribution is 2.15. The summed E-state index contributed by atoms with van der Waals surface area (Å²) in [5.41, 5.74) is 7.61. The third-order valence-electron chi connectivity index (χ3n) is 3.14. The first-order valence-electron chi connectivity index (χ1n) is 6.76. The topological polar surface area (TPSA) is 78.6 Å². The molecule has 2 N–H and O–H groups in total. The molecule has 0 saturated heterocycles. The fourth-order valence-corrected chi connectivity index (χ4v) is 1.93. The number of benzene rings is 2. The van der Waals surface area contributed by atoms with Crippen LogP contribution in [0.3, 0.4) is 0 Å². The van der Waals surface area contributed by atoms with E-state index in [1.165, 1.54) is 13.2 Å². The van der Waals surface area contributed by atoms with Gasteiger partial charge in [-0.05, 0) is 23.3 Å². The van der Waals surface area contributed by atoms with Crippen molar-refractivity contribution < 1.29 is 19.1 Å². The van der Waals surface area contributed by atoms with E-state index in [9.17, 15) is 9.59 Å². The molecule has 0 aliphatic heterocycles. The molecule has 0 fully saturated rings. The molecular formula is C17H17NO4. The van der Waals surface area contributed by atoms with Gasteiger partial charge in [0, 0.05) is 0 Å². The molecule has 5 heteroatoms. The van der Waals surface area contributed by atoms with Crippen molar-refractivity contribution in [1.29, 1.82) is 0 Å². The van der Waals surface area contributed by atoms with Gasteiger partial charge < -0.3 is 15.2 Å². The van der Waals surface area contributed by atoms with Crippen LogP contribution in [0, 0.1) is 0 Å². The maximum atomic E-state index is 12.0. The molecule has 0 aliphatic carbocycles. The maximum absolute atomic E-state index is 12.0. The SMILES string of the molecule is COC(=O)c1cccc(C(N)C(=O)OCc2ccccc2)c1. The van der Waals surface area contributed by atoms with Crippen LogP contribution in [-0.2, 0) is 20.9 Å². The second-order valence-electron chi connectivity index (χ2n) is 4.69. The molecule has 0 aromatic heterocycles. The first kappa shape index (κ1) is 15.7. The Bertz CT molecular complexity index is 655. The van der Waals surface area contributed by atoms with Gasteiger partial charge in [0.25, 0.3) is 0 Å². The average Bonchev–Trinajstić information content (AvgIpc) is 2.59. The van der Waals surface area contributed by atoms with Crippen LogP contribution in [0.2, 0.25) is 0 Å². The number of rotatable bonds is 5. The molecule has 114 valence electrons. The lowest BCUT2D eigenvalue weighted by Crippen LogP contribution is -2.24. The largest absolute Gasteiger partial charge is 0.465 e. The fourth-order valence-electron chi connectivity index (χ4n) is 1.93. The van der Waals surface area contributed by atoms with Crippen molar-refractivity contribution in [2.75, 3.05) is 7.11 Å². The Labute approximate surface area is 128 Å². The molecule has 0 amide bonds. The fraction of sp³-hybridized carbons (Fsp3) is 0.176. The van der Waals surface area contributed by atoms with Gasteiger partial charge in [-0.25, -0.2) is 9.59 Å². The highest BCUT2D eigenvalue weighted by Gasteiger charge is 2.19. The second-order valence-corrected chi connectivity index (χ2v) is 4.69. The van der Waals surface area contributed by atoms with E-state index in [1.54, 1.807) is 18.2 Å². The Hall–Kier alpha value is -2.66. The van der Waals surface area contributed by atoms with Crippen molar-refractivity contribution in [3.63, 3.8) is 0 Å². The normalized spacial score (nSPS) is 11.5. The van der Waals surface area contributed by atoms with Gasteiger partial charge in [0.05, 0.1) is 12.7 Å². The molecule has 2 aromatic rings. The third-order valence-corrected chi connectivity index (χ3v) is 3.14. The number of hydrogen-bond acceptors (Lipinski definition) is 5. The molecule has 0 spiro atoms. The Kier molecular flexibility index (Phi) is 5.27. The number of methoxy groups -OCH3 is 1. The van der Waals surface area contributed by atoms with Gasteiger partial charge in [0.1, 0.15) is 12.6 Å². The van der Waals surface area contributed by atoms with Gasteiger partial charge >= 0.3 is 11.9 Å². The molecule has 22 heavy (non-hydrogen) atoms. The molecule has 0 bridgehead atoms. The first-order valence-corrected chi connectivity index (χ1v) is 6.76. The summed E-state index contributed by atoms with van der Waals surface area (Å²) >= 11 is 0. The summed E-state index contributed by atoms with van der Waals surface area (Å²) in [5, 5.41) is 0. The van der Waals surface area contributed by atoms with Crippen LogP contribution in [0.4, 0.5) is 0 Å². The van der Waals surface area contributed by atoms with Gasteiger partial charge in [0.15, 0.2) is 0 Å². The zero-order valence-electron chi connectivity index (χ0n) is 12.2.